The fourth-order valence-corrected chi connectivity index (χ4v) is 2.53. The minimum Gasteiger partial charge on any atom is -0.313 e. The number of aryl methyl sites for hydroxylation is 2. The molecule has 1 aliphatic carbocycles. The summed E-state index contributed by atoms with van der Waals surface area (Å²) in [4.78, 5) is 0. The van der Waals surface area contributed by atoms with Gasteiger partial charge in [0.2, 0.25) is 0 Å². The van der Waals surface area contributed by atoms with Crippen LogP contribution in [0, 0.1) is 24.2 Å². The third-order valence-electron chi connectivity index (χ3n) is 3.56. The Hall–Kier alpha value is -1.34. The summed E-state index contributed by atoms with van der Waals surface area (Å²) in [5, 5.41) is 13.4. The van der Waals surface area contributed by atoms with Crippen molar-refractivity contribution in [1.29, 1.82) is 5.26 Å². The van der Waals surface area contributed by atoms with Gasteiger partial charge in [0.25, 0.3) is 0 Å². The molecule has 1 aliphatic rings. The standard InChI is InChI=1S/C12H18N4/c1-10-4-7-16(15-10)8-5-11-3-2-6-12(11,14)9-13/h4,7,11H,2-3,5-6,8,14H2,1H3. The molecule has 2 atom stereocenters. The average molecular weight is 218 g/mol. The highest BCUT2D eigenvalue weighted by atomic mass is 15.3. The van der Waals surface area contributed by atoms with Gasteiger partial charge in [0.1, 0.15) is 5.54 Å². The van der Waals surface area contributed by atoms with Crippen LogP contribution < -0.4 is 5.73 Å². The minimum atomic E-state index is -0.595. The highest BCUT2D eigenvalue weighted by Gasteiger charge is 2.39. The Morgan fingerprint density at radius 1 is 1.75 bits per heavy atom. The molecule has 4 heteroatoms. The number of hydrogen-bond acceptors (Lipinski definition) is 3. The summed E-state index contributed by atoms with van der Waals surface area (Å²) >= 11 is 0. The number of rotatable bonds is 3. The number of nitrogens with zero attached hydrogens (tertiary/aromatic N) is 3. The van der Waals surface area contributed by atoms with Crippen LogP contribution in [0.15, 0.2) is 12.3 Å². The molecule has 2 unspecified atom stereocenters. The first kappa shape index (κ1) is 11.2. The average Bonchev–Trinajstić information content (AvgIpc) is 2.83. The Morgan fingerprint density at radius 3 is 3.19 bits per heavy atom. The molecule has 0 amide bonds. The second-order valence-electron chi connectivity index (χ2n) is 4.75. The Balaban J connectivity index is 1.93. The molecule has 16 heavy (non-hydrogen) atoms. The van der Waals surface area contributed by atoms with Crippen LogP contribution >= 0.6 is 0 Å². The molecule has 1 aromatic rings. The van der Waals surface area contributed by atoms with E-state index in [9.17, 15) is 0 Å². The van der Waals surface area contributed by atoms with Crippen LogP contribution in [-0.4, -0.2) is 15.3 Å². The summed E-state index contributed by atoms with van der Waals surface area (Å²) in [5.41, 5.74) is 6.52. The van der Waals surface area contributed by atoms with Crippen molar-refractivity contribution < 1.29 is 0 Å². The third kappa shape index (κ3) is 2.10. The number of nitrogens with two attached hydrogens (primary N) is 1. The molecule has 86 valence electrons. The highest BCUT2D eigenvalue weighted by molar-refractivity contribution is 5.11. The first-order chi connectivity index (χ1) is 7.64. The molecule has 2 rings (SSSR count). The normalized spacial score (nSPS) is 29.2. The minimum absolute atomic E-state index is 0.321. The van der Waals surface area contributed by atoms with Crippen LogP contribution in [0.3, 0.4) is 0 Å². The van der Waals surface area contributed by atoms with Gasteiger partial charge in [0.15, 0.2) is 0 Å². The molecular weight excluding hydrogens is 200 g/mol. The van der Waals surface area contributed by atoms with E-state index >= 15 is 0 Å². The molecule has 0 radical (unpaired) electrons. The van der Waals surface area contributed by atoms with E-state index in [0.29, 0.717) is 5.92 Å². The lowest BCUT2D eigenvalue weighted by Crippen LogP contribution is -2.42. The van der Waals surface area contributed by atoms with Gasteiger partial charge in [-0.25, -0.2) is 0 Å². The first-order valence-corrected chi connectivity index (χ1v) is 5.84. The zero-order valence-corrected chi connectivity index (χ0v) is 9.69. The molecule has 0 aliphatic heterocycles. The maximum absolute atomic E-state index is 9.10. The fraction of sp³-hybridized carbons (Fsp3) is 0.667. The highest BCUT2D eigenvalue weighted by Crippen LogP contribution is 2.35. The van der Waals surface area contributed by atoms with Crippen molar-refractivity contribution in [2.24, 2.45) is 11.7 Å². The van der Waals surface area contributed by atoms with Gasteiger partial charge < -0.3 is 5.73 Å². The van der Waals surface area contributed by atoms with Gasteiger partial charge >= 0.3 is 0 Å². The molecule has 1 saturated carbocycles. The predicted octanol–water partition coefficient (Wildman–Crippen LogP) is 1.60. The van der Waals surface area contributed by atoms with Crippen LogP contribution in [0.5, 0.6) is 0 Å². The zero-order chi connectivity index (χ0) is 11.6. The Morgan fingerprint density at radius 2 is 2.56 bits per heavy atom. The first-order valence-electron chi connectivity index (χ1n) is 5.84. The van der Waals surface area contributed by atoms with E-state index in [1.54, 1.807) is 0 Å². The summed E-state index contributed by atoms with van der Waals surface area (Å²) in [7, 11) is 0. The molecule has 1 fully saturated rings. The van der Waals surface area contributed by atoms with Crippen LogP contribution in [0.25, 0.3) is 0 Å². The maximum atomic E-state index is 9.10. The van der Waals surface area contributed by atoms with E-state index in [-0.39, 0.29) is 0 Å². The monoisotopic (exact) mass is 218 g/mol. The van der Waals surface area contributed by atoms with E-state index in [2.05, 4.69) is 11.2 Å². The molecule has 1 heterocycles. The van der Waals surface area contributed by atoms with Crippen molar-refractivity contribution in [2.75, 3.05) is 0 Å². The Labute approximate surface area is 96.0 Å². The molecule has 4 nitrogen and oxygen atoms in total. The molecule has 1 aromatic heterocycles. The molecule has 2 N–H and O–H groups in total. The van der Waals surface area contributed by atoms with Crippen molar-refractivity contribution in [3.05, 3.63) is 18.0 Å². The van der Waals surface area contributed by atoms with Gasteiger partial charge in [0.05, 0.1) is 11.8 Å². The van der Waals surface area contributed by atoms with Crippen LogP contribution in [0.1, 0.15) is 31.4 Å². The van der Waals surface area contributed by atoms with Crippen LogP contribution in [0.4, 0.5) is 0 Å². The van der Waals surface area contributed by atoms with Crippen molar-refractivity contribution >= 4 is 0 Å². The topological polar surface area (TPSA) is 67.6 Å². The third-order valence-corrected chi connectivity index (χ3v) is 3.56. The van der Waals surface area contributed by atoms with Crippen LogP contribution in [0.2, 0.25) is 0 Å². The van der Waals surface area contributed by atoms with Gasteiger partial charge in [-0.2, -0.15) is 10.4 Å². The van der Waals surface area contributed by atoms with Crippen molar-refractivity contribution in [3.8, 4) is 6.07 Å². The van der Waals surface area contributed by atoms with E-state index in [1.807, 2.05) is 23.9 Å². The molecule has 0 saturated heterocycles. The maximum Gasteiger partial charge on any atom is 0.107 e. The zero-order valence-electron chi connectivity index (χ0n) is 9.69. The SMILES string of the molecule is Cc1ccn(CCC2CCCC2(N)C#N)n1. The summed E-state index contributed by atoms with van der Waals surface area (Å²) < 4.78 is 1.94. The van der Waals surface area contributed by atoms with E-state index < -0.39 is 5.54 Å². The van der Waals surface area contributed by atoms with Gasteiger partial charge in [-0.15, -0.1) is 0 Å². The van der Waals surface area contributed by atoms with Crippen molar-refractivity contribution in [3.63, 3.8) is 0 Å². The van der Waals surface area contributed by atoms with Crippen LogP contribution in [-0.2, 0) is 6.54 Å². The molecular formula is C12H18N4. The lowest BCUT2D eigenvalue weighted by atomic mass is 9.87. The smallest absolute Gasteiger partial charge is 0.107 e. The fourth-order valence-electron chi connectivity index (χ4n) is 2.53. The van der Waals surface area contributed by atoms with Gasteiger partial charge in [-0.05, 0) is 38.2 Å². The summed E-state index contributed by atoms with van der Waals surface area (Å²) in [6.07, 6.45) is 5.92. The number of nitriles is 1. The molecule has 0 spiro atoms. The van der Waals surface area contributed by atoms with Crippen molar-refractivity contribution in [1.82, 2.24) is 9.78 Å². The quantitative estimate of drug-likeness (QED) is 0.838. The lowest BCUT2D eigenvalue weighted by molar-refractivity contribution is 0.346. The predicted molar refractivity (Wildman–Crippen MR) is 61.5 cm³/mol. The van der Waals surface area contributed by atoms with Gasteiger partial charge in [0, 0.05) is 12.7 Å². The van der Waals surface area contributed by atoms with Gasteiger partial charge in [-0.3, -0.25) is 4.68 Å². The molecule has 0 aromatic carbocycles. The Bertz CT molecular complexity index is 403. The van der Waals surface area contributed by atoms with Crippen molar-refractivity contribution in [2.45, 2.75) is 44.7 Å². The second-order valence-corrected chi connectivity index (χ2v) is 4.75. The summed E-state index contributed by atoms with van der Waals surface area (Å²) in [6, 6.07) is 4.27. The van der Waals surface area contributed by atoms with E-state index in [0.717, 1.165) is 37.9 Å². The van der Waals surface area contributed by atoms with Gasteiger partial charge in [-0.1, -0.05) is 6.42 Å². The Kier molecular flexibility index (Phi) is 2.97. The second kappa shape index (κ2) is 4.26. The van der Waals surface area contributed by atoms with E-state index in [1.165, 1.54) is 0 Å². The van der Waals surface area contributed by atoms with E-state index in [4.69, 9.17) is 11.0 Å². The summed E-state index contributed by atoms with van der Waals surface area (Å²) in [5.74, 6) is 0.321. The molecule has 0 bridgehead atoms. The number of hydrogen-bond donors (Lipinski definition) is 1. The largest absolute Gasteiger partial charge is 0.313 e. The number of aromatic nitrogens is 2. The lowest BCUT2D eigenvalue weighted by Gasteiger charge is -2.23. The summed E-state index contributed by atoms with van der Waals surface area (Å²) in [6.45, 7) is 2.84.